The van der Waals surface area contributed by atoms with Gasteiger partial charge in [-0.25, -0.2) is 0 Å². The van der Waals surface area contributed by atoms with Crippen LogP contribution in [-0.2, 0) is 11.2 Å². The van der Waals surface area contributed by atoms with Gasteiger partial charge in [0.15, 0.2) is 0 Å². The van der Waals surface area contributed by atoms with Crippen LogP contribution >= 0.6 is 0 Å². The van der Waals surface area contributed by atoms with Crippen molar-refractivity contribution in [2.24, 2.45) is 0 Å². The quantitative estimate of drug-likeness (QED) is 0.741. The maximum atomic E-state index is 12.5. The number of hydrogen-bond donors (Lipinski definition) is 1. The first kappa shape index (κ1) is 19.4. The van der Waals surface area contributed by atoms with Gasteiger partial charge in [0.05, 0.1) is 25.3 Å². The Bertz CT molecular complexity index is 890. The van der Waals surface area contributed by atoms with Crippen molar-refractivity contribution in [1.29, 1.82) is 0 Å². The maximum Gasteiger partial charge on any atom is 0.262 e. The summed E-state index contributed by atoms with van der Waals surface area (Å²) in [6.07, 6.45) is 0.515. The molecule has 7 nitrogen and oxygen atoms in total. The second kappa shape index (κ2) is 8.12. The van der Waals surface area contributed by atoms with Crippen LogP contribution in [-0.4, -0.2) is 49.4 Å². The lowest BCUT2D eigenvalue weighted by Gasteiger charge is -2.21. The van der Waals surface area contributed by atoms with E-state index in [-0.39, 0.29) is 0 Å². The molecule has 28 heavy (non-hydrogen) atoms. The van der Waals surface area contributed by atoms with Crippen LogP contribution in [0.5, 0.6) is 11.5 Å². The molecule has 0 saturated heterocycles. The minimum atomic E-state index is -0.903. The number of amides is 3. The topological polar surface area (TPSA) is 84.9 Å². The largest absolute Gasteiger partial charge is 0.497 e. The van der Waals surface area contributed by atoms with Crippen molar-refractivity contribution in [3.8, 4) is 11.5 Å². The number of methoxy groups -OCH3 is 2. The van der Waals surface area contributed by atoms with Gasteiger partial charge in [0.1, 0.15) is 17.5 Å². The molecule has 1 N–H and O–H groups in total. The van der Waals surface area contributed by atoms with E-state index in [1.165, 1.54) is 0 Å². The molecule has 3 amide bonds. The summed E-state index contributed by atoms with van der Waals surface area (Å²) in [6, 6.07) is 11.1. The van der Waals surface area contributed by atoms with Crippen molar-refractivity contribution in [1.82, 2.24) is 10.2 Å². The molecule has 1 atom stereocenters. The van der Waals surface area contributed by atoms with Crippen LogP contribution in [0.4, 0.5) is 0 Å². The van der Waals surface area contributed by atoms with Gasteiger partial charge in [-0.1, -0.05) is 12.1 Å². The Morgan fingerprint density at radius 2 is 1.68 bits per heavy atom. The maximum absolute atomic E-state index is 12.5. The lowest BCUT2D eigenvalue weighted by molar-refractivity contribution is -0.124. The highest BCUT2D eigenvalue weighted by Crippen LogP contribution is 2.25. The van der Waals surface area contributed by atoms with Crippen LogP contribution < -0.4 is 14.8 Å². The van der Waals surface area contributed by atoms with Crippen LogP contribution in [0.3, 0.4) is 0 Å². The van der Waals surface area contributed by atoms with Gasteiger partial charge in [-0.05, 0) is 49.2 Å². The number of nitrogens with zero attached hydrogens (tertiary/aromatic N) is 1. The van der Waals surface area contributed by atoms with Crippen LogP contribution in [0.2, 0.25) is 0 Å². The Morgan fingerprint density at radius 3 is 2.25 bits per heavy atom. The molecule has 1 heterocycles. The third-order valence-electron chi connectivity index (χ3n) is 4.77. The van der Waals surface area contributed by atoms with Crippen molar-refractivity contribution in [3.05, 3.63) is 59.2 Å². The first-order valence-corrected chi connectivity index (χ1v) is 8.93. The van der Waals surface area contributed by atoms with Crippen molar-refractivity contribution in [2.75, 3.05) is 20.8 Å². The van der Waals surface area contributed by atoms with E-state index in [2.05, 4.69) is 5.32 Å². The minimum absolute atomic E-state index is 0.327. The van der Waals surface area contributed by atoms with E-state index >= 15 is 0 Å². The molecule has 0 bridgehead atoms. The molecule has 0 radical (unpaired) electrons. The number of imide groups is 1. The van der Waals surface area contributed by atoms with Crippen LogP contribution in [0.1, 0.15) is 33.2 Å². The molecule has 0 fully saturated rings. The normalized spacial score (nSPS) is 13.9. The highest BCUT2D eigenvalue weighted by Gasteiger charge is 2.40. The van der Waals surface area contributed by atoms with Crippen molar-refractivity contribution in [2.45, 2.75) is 19.4 Å². The number of nitrogens with one attached hydrogen (secondary N) is 1. The smallest absolute Gasteiger partial charge is 0.262 e. The van der Waals surface area contributed by atoms with Crippen molar-refractivity contribution >= 4 is 17.7 Å². The molecule has 0 aromatic heterocycles. The number of ether oxygens (including phenoxy) is 2. The molecule has 3 rings (SSSR count). The van der Waals surface area contributed by atoms with E-state index in [0.29, 0.717) is 35.6 Å². The summed E-state index contributed by atoms with van der Waals surface area (Å²) in [4.78, 5) is 38.5. The Kier molecular flexibility index (Phi) is 5.63. The Morgan fingerprint density at radius 1 is 1.04 bits per heavy atom. The molecule has 0 spiro atoms. The predicted octanol–water partition coefficient (Wildman–Crippen LogP) is 2.05. The zero-order valence-electron chi connectivity index (χ0n) is 16.0. The van der Waals surface area contributed by atoms with Gasteiger partial charge in [0, 0.05) is 6.54 Å². The second-order valence-corrected chi connectivity index (χ2v) is 6.42. The molecule has 2 aromatic rings. The van der Waals surface area contributed by atoms with E-state index in [1.807, 2.05) is 6.07 Å². The third-order valence-corrected chi connectivity index (χ3v) is 4.77. The Balaban J connectivity index is 1.63. The highest BCUT2D eigenvalue weighted by molar-refractivity contribution is 6.22. The fourth-order valence-electron chi connectivity index (χ4n) is 3.22. The van der Waals surface area contributed by atoms with Crippen LogP contribution in [0.25, 0.3) is 0 Å². The molecule has 1 unspecified atom stereocenters. The summed E-state index contributed by atoms with van der Waals surface area (Å²) in [7, 11) is 3.16. The molecule has 2 aromatic carbocycles. The lowest BCUT2D eigenvalue weighted by Crippen LogP contribution is -2.48. The summed E-state index contributed by atoms with van der Waals surface area (Å²) >= 11 is 0. The Hall–Kier alpha value is -3.35. The van der Waals surface area contributed by atoms with Gasteiger partial charge in [0.25, 0.3) is 11.8 Å². The van der Waals surface area contributed by atoms with E-state index in [4.69, 9.17) is 9.47 Å². The van der Waals surface area contributed by atoms with Gasteiger partial charge < -0.3 is 14.8 Å². The van der Waals surface area contributed by atoms with E-state index in [0.717, 1.165) is 10.5 Å². The van der Waals surface area contributed by atoms with Gasteiger partial charge in [-0.15, -0.1) is 0 Å². The zero-order valence-corrected chi connectivity index (χ0v) is 16.0. The molecule has 1 aliphatic heterocycles. The average Bonchev–Trinajstić information content (AvgIpc) is 2.97. The van der Waals surface area contributed by atoms with E-state index < -0.39 is 23.8 Å². The van der Waals surface area contributed by atoms with Gasteiger partial charge >= 0.3 is 0 Å². The average molecular weight is 382 g/mol. The third kappa shape index (κ3) is 3.55. The summed E-state index contributed by atoms with van der Waals surface area (Å²) in [5.41, 5.74) is 1.54. The van der Waals surface area contributed by atoms with Crippen LogP contribution in [0.15, 0.2) is 42.5 Å². The molecular formula is C21H22N2O5. The molecule has 7 heteroatoms. The lowest BCUT2D eigenvalue weighted by atomic mass is 10.1. The monoisotopic (exact) mass is 382 g/mol. The molecular weight excluding hydrogens is 360 g/mol. The number of fused-ring (bicyclic) bond motifs is 1. The predicted molar refractivity (Wildman–Crippen MR) is 103 cm³/mol. The number of benzene rings is 2. The van der Waals surface area contributed by atoms with Crippen LogP contribution in [0, 0.1) is 0 Å². The summed E-state index contributed by atoms with van der Waals surface area (Å²) in [6.45, 7) is 1.87. The molecule has 1 aliphatic rings. The summed E-state index contributed by atoms with van der Waals surface area (Å²) in [5, 5.41) is 2.78. The van der Waals surface area contributed by atoms with Crippen molar-refractivity contribution in [3.63, 3.8) is 0 Å². The minimum Gasteiger partial charge on any atom is -0.497 e. The SMILES string of the molecule is COc1ccc(OC)c(CCNC(=O)C(C)N2C(=O)c3ccccc3C2=O)c1. The zero-order chi connectivity index (χ0) is 20.3. The number of hydrogen-bond acceptors (Lipinski definition) is 5. The highest BCUT2D eigenvalue weighted by atomic mass is 16.5. The fraction of sp³-hybridized carbons (Fsp3) is 0.286. The fourth-order valence-corrected chi connectivity index (χ4v) is 3.22. The van der Waals surface area contributed by atoms with Gasteiger partial charge in [-0.2, -0.15) is 0 Å². The van der Waals surface area contributed by atoms with Gasteiger partial charge in [-0.3, -0.25) is 19.3 Å². The molecule has 0 aliphatic carbocycles. The number of carbonyl (C=O) groups excluding carboxylic acids is 3. The van der Waals surface area contributed by atoms with E-state index in [1.54, 1.807) is 57.5 Å². The number of carbonyl (C=O) groups is 3. The Labute approximate surface area is 163 Å². The standard InChI is InChI=1S/C21H22N2O5/c1-13(23-20(25)16-6-4-5-7-17(16)21(23)26)19(24)22-11-10-14-12-15(27-2)8-9-18(14)28-3/h4-9,12-13H,10-11H2,1-3H3,(H,22,24). The number of rotatable bonds is 7. The summed E-state index contributed by atoms with van der Waals surface area (Å²) < 4.78 is 10.5. The van der Waals surface area contributed by atoms with E-state index in [9.17, 15) is 14.4 Å². The second-order valence-electron chi connectivity index (χ2n) is 6.42. The molecule has 146 valence electrons. The molecule has 0 saturated carbocycles. The van der Waals surface area contributed by atoms with Crippen molar-refractivity contribution < 1.29 is 23.9 Å². The van der Waals surface area contributed by atoms with Gasteiger partial charge in [0.2, 0.25) is 5.91 Å². The summed E-state index contributed by atoms with van der Waals surface area (Å²) in [5.74, 6) is 0.108. The first-order valence-electron chi connectivity index (χ1n) is 8.93. The first-order chi connectivity index (χ1) is 13.5.